The predicted molar refractivity (Wildman–Crippen MR) is 141 cm³/mol. The van der Waals surface area contributed by atoms with E-state index in [1.165, 1.54) is 13.2 Å². The number of aryl methyl sites for hydroxylation is 1. The molecule has 9 heteroatoms. The van der Waals surface area contributed by atoms with Gasteiger partial charge in [-0.05, 0) is 63.8 Å². The molecule has 184 valence electrons. The van der Waals surface area contributed by atoms with E-state index in [0.717, 1.165) is 16.0 Å². The molecule has 36 heavy (non-hydrogen) atoms. The van der Waals surface area contributed by atoms with Crippen LogP contribution in [0.1, 0.15) is 23.6 Å². The van der Waals surface area contributed by atoms with Gasteiger partial charge in [0.25, 0.3) is 11.8 Å². The minimum atomic E-state index is -0.787. The Morgan fingerprint density at radius 3 is 2.42 bits per heavy atom. The molecule has 7 nitrogen and oxygen atoms in total. The first-order valence-electron chi connectivity index (χ1n) is 11.1. The molecule has 0 bridgehead atoms. The van der Waals surface area contributed by atoms with Gasteiger partial charge in [-0.2, -0.15) is 0 Å². The van der Waals surface area contributed by atoms with E-state index in [9.17, 15) is 14.4 Å². The summed E-state index contributed by atoms with van der Waals surface area (Å²) in [6.45, 7) is 2.14. The fraction of sp³-hybridized carbons (Fsp3) is 0.148. The number of carbonyl (C=O) groups excluding carboxylic acids is 3. The smallest absolute Gasteiger partial charge is 0.335 e. The second-order valence-electron chi connectivity index (χ2n) is 7.85. The predicted octanol–water partition coefficient (Wildman–Crippen LogP) is 5.92. The van der Waals surface area contributed by atoms with Gasteiger partial charge in [0, 0.05) is 10.6 Å². The lowest BCUT2D eigenvalue weighted by atomic mass is 10.0. The molecule has 0 radical (unpaired) electrons. The molecule has 0 aliphatic carbocycles. The number of benzene rings is 3. The first-order chi connectivity index (χ1) is 17.3. The summed E-state index contributed by atoms with van der Waals surface area (Å²) in [4.78, 5) is 39.5. The zero-order chi connectivity index (χ0) is 25.8. The van der Waals surface area contributed by atoms with E-state index in [4.69, 9.17) is 21.1 Å². The van der Waals surface area contributed by atoms with Gasteiger partial charge in [0.1, 0.15) is 12.2 Å². The lowest BCUT2D eigenvalue weighted by Gasteiger charge is -2.28. The van der Waals surface area contributed by atoms with Crippen LogP contribution in [0.25, 0.3) is 6.08 Å². The summed E-state index contributed by atoms with van der Waals surface area (Å²) in [6, 6.07) is 17.0. The summed E-state index contributed by atoms with van der Waals surface area (Å²) in [5.74, 6) is -0.660. The van der Waals surface area contributed by atoms with Crippen LogP contribution in [-0.4, -0.2) is 25.0 Å². The van der Waals surface area contributed by atoms with Crippen molar-refractivity contribution in [2.24, 2.45) is 0 Å². The third-order valence-electron chi connectivity index (χ3n) is 5.61. The van der Waals surface area contributed by atoms with Crippen LogP contribution >= 0.6 is 27.5 Å². The van der Waals surface area contributed by atoms with E-state index in [-0.39, 0.29) is 12.2 Å². The maximum absolute atomic E-state index is 13.3. The summed E-state index contributed by atoms with van der Waals surface area (Å²) in [5.41, 5.74) is 2.36. The number of imide groups is 2. The fourth-order valence-corrected chi connectivity index (χ4v) is 4.56. The lowest BCUT2D eigenvalue weighted by molar-refractivity contribution is -0.122. The van der Waals surface area contributed by atoms with Crippen molar-refractivity contribution in [1.82, 2.24) is 5.32 Å². The van der Waals surface area contributed by atoms with Crippen LogP contribution in [0.3, 0.4) is 0 Å². The molecule has 1 aliphatic rings. The van der Waals surface area contributed by atoms with Gasteiger partial charge in [-0.25, -0.2) is 9.69 Å². The highest BCUT2D eigenvalue weighted by Crippen LogP contribution is 2.38. The Hall–Kier alpha value is -3.62. The Morgan fingerprint density at radius 1 is 1.03 bits per heavy atom. The normalized spacial score (nSPS) is 14.7. The minimum absolute atomic E-state index is 0.181. The third kappa shape index (κ3) is 5.15. The van der Waals surface area contributed by atoms with Crippen molar-refractivity contribution in [3.63, 3.8) is 0 Å². The molecule has 0 unspecified atom stereocenters. The number of barbiturate groups is 1. The quantitative estimate of drug-likeness (QED) is 0.282. The molecule has 3 aromatic rings. The Kier molecular flexibility index (Phi) is 7.76. The average molecular weight is 570 g/mol. The van der Waals surface area contributed by atoms with E-state index >= 15 is 0 Å². The third-order valence-corrected chi connectivity index (χ3v) is 6.57. The van der Waals surface area contributed by atoms with E-state index in [1.54, 1.807) is 30.3 Å². The molecule has 1 fully saturated rings. The van der Waals surface area contributed by atoms with Gasteiger partial charge in [0.2, 0.25) is 0 Å². The van der Waals surface area contributed by atoms with Crippen molar-refractivity contribution >= 4 is 57.1 Å². The standard InChI is InChI=1S/C27H22BrClN2O5/c1-3-17-8-5-7-11-22(17)31-26(33)19(25(32)30-27(31)34)12-16-13-20(28)24(23(14-16)35-2)36-15-18-9-4-6-10-21(18)29/h4-14H,3,15H2,1-2H3,(H,30,32,34)/b19-12-. The Labute approximate surface area is 221 Å². The number of rotatable bonds is 7. The van der Waals surface area contributed by atoms with Gasteiger partial charge in [0.15, 0.2) is 11.5 Å². The molecule has 1 aliphatic heterocycles. The average Bonchev–Trinajstić information content (AvgIpc) is 2.86. The van der Waals surface area contributed by atoms with Crippen LogP contribution in [0, 0.1) is 0 Å². The van der Waals surface area contributed by atoms with Gasteiger partial charge in [-0.15, -0.1) is 0 Å². The zero-order valence-electron chi connectivity index (χ0n) is 19.5. The van der Waals surface area contributed by atoms with E-state index in [1.807, 2.05) is 37.3 Å². The second kappa shape index (κ2) is 11.0. The molecule has 1 heterocycles. The van der Waals surface area contributed by atoms with Crippen LogP contribution < -0.4 is 19.7 Å². The molecule has 0 saturated carbocycles. The summed E-state index contributed by atoms with van der Waals surface area (Å²) in [6.07, 6.45) is 2.02. The maximum atomic E-state index is 13.3. The number of urea groups is 1. The molecule has 0 atom stereocenters. The number of ether oxygens (including phenoxy) is 2. The van der Waals surface area contributed by atoms with Crippen LogP contribution in [0.5, 0.6) is 11.5 Å². The van der Waals surface area contributed by atoms with E-state index < -0.39 is 17.8 Å². The van der Waals surface area contributed by atoms with Crippen LogP contribution in [0.15, 0.2) is 70.7 Å². The molecule has 0 spiro atoms. The number of halogens is 2. The summed E-state index contributed by atoms with van der Waals surface area (Å²) < 4.78 is 12.0. The lowest BCUT2D eigenvalue weighted by Crippen LogP contribution is -2.54. The summed E-state index contributed by atoms with van der Waals surface area (Å²) in [5, 5.41) is 2.84. The zero-order valence-corrected chi connectivity index (χ0v) is 21.9. The highest BCUT2D eigenvalue weighted by atomic mass is 79.9. The Bertz CT molecular complexity index is 1390. The number of nitrogens with one attached hydrogen (secondary N) is 1. The Balaban J connectivity index is 1.67. The number of hydrogen-bond acceptors (Lipinski definition) is 5. The van der Waals surface area contributed by atoms with E-state index in [0.29, 0.717) is 38.7 Å². The maximum Gasteiger partial charge on any atom is 0.335 e. The molecule has 3 aromatic carbocycles. The monoisotopic (exact) mass is 568 g/mol. The van der Waals surface area contributed by atoms with Gasteiger partial charge in [-0.1, -0.05) is 54.9 Å². The van der Waals surface area contributed by atoms with Crippen molar-refractivity contribution in [1.29, 1.82) is 0 Å². The highest BCUT2D eigenvalue weighted by molar-refractivity contribution is 9.10. The van der Waals surface area contributed by atoms with Crippen LogP contribution in [0.4, 0.5) is 10.5 Å². The van der Waals surface area contributed by atoms with Crippen molar-refractivity contribution in [3.8, 4) is 11.5 Å². The SMILES string of the molecule is CCc1ccccc1N1C(=O)NC(=O)/C(=C/c2cc(Br)c(OCc3ccccc3Cl)c(OC)c2)C1=O. The van der Waals surface area contributed by atoms with Crippen molar-refractivity contribution in [2.75, 3.05) is 12.0 Å². The summed E-state index contributed by atoms with van der Waals surface area (Å²) in [7, 11) is 1.49. The molecule has 1 saturated heterocycles. The first-order valence-corrected chi connectivity index (χ1v) is 12.2. The topological polar surface area (TPSA) is 84.9 Å². The van der Waals surface area contributed by atoms with Crippen LogP contribution in [0.2, 0.25) is 5.02 Å². The minimum Gasteiger partial charge on any atom is -0.493 e. The second-order valence-corrected chi connectivity index (χ2v) is 9.12. The van der Waals surface area contributed by atoms with Crippen LogP contribution in [-0.2, 0) is 22.6 Å². The highest BCUT2D eigenvalue weighted by Gasteiger charge is 2.37. The first kappa shape index (κ1) is 25.5. The fourth-order valence-electron chi connectivity index (χ4n) is 3.80. The molecule has 4 amide bonds. The van der Waals surface area contributed by atoms with Crippen molar-refractivity contribution < 1.29 is 23.9 Å². The molecule has 0 aromatic heterocycles. The molecule has 1 N–H and O–H groups in total. The number of carbonyl (C=O) groups is 3. The molecule has 4 rings (SSSR count). The van der Waals surface area contributed by atoms with Gasteiger partial charge >= 0.3 is 6.03 Å². The number of para-hydroxylation sites is 1. The van der Waals surface area contributed by atoms with Crippen molar-refractivity contribution in [2.45, 2.75) is 20.0 Å². The number of amides is 4. The molecular weight excluding hydrogens is 548 g/mol. The number of anilines is 1. The van der Waals surface area contributed by atoms with Crippen molar-refractivity contribution in [3.05, 3.63) is 92.4 Å². The molecular formula is C27H22BrClN2O5. The number of hydrogen-bond donors (Lipinski definition) is 1. The number of methoxy groups -OCH3 is 1. The van der Waals surface area contributed by atoms with E-state index in [2.05, 4.69) is 21.2 Å². The van der Waals surface area contributed by atoms with Gasteiger partial charge in [-0.3, -0.25) is 14.9 Å². The summed E-state index contributed by atoms with van der Waals surface area (Å²) >= 11 is 9.71. The largest absolute Gasteiger partial charge is 0.493 e. The Morgan fingerprint density at radius 2 is 1.72 bits per heavy atom. The van der Waals surface area contributed by atoms with Gasteiger partial charge < -0.3 is 9.47 Å². The number of nitrogens with zero attached hydrogens (tertiary/aromatic N) is 1. The van der Waals surface area contributed by atoms with Gasteiger partial charge in [0.05, 0.1) is 17.3 Å².